The van der Waals surface area contributed by atoms with Crippen LogP contribution in [0.3, 0.4) is 0 Å². The van der Waals surface area contributed by atoms with Crippen molar-refractivity contribution in [2.45, 2.75) is 26.4 Å². The van der Waals surface area contributed by atoms with Crippen LogP contribution < -0.4 is 10.7 Å². The molecule has 0 spiro atoms. The fourth-order valence-corrected chi connectivity index (χ4v) is 1.20. The molecule has 0 aliphatic heterocycles. The van der Waals surface area contributed by atoms with Crippen molar-refractivity contribution >= 4 is 5.91 Å². The van der Waals surface area contributed by atoms with Crippen LogP contribution >= 0.6 is 0 Å². The summed E-state index contributed by atoms with van der Waals surface area (Å²) in [6.07, 6.45) is 1.36. The standard InChI is InChI=1S/C11H16N2O3/c1-3-8(14)5-13-11(16)9-6-12-7(2)4-10(9)15/h4,6,8,14H,3,5H2,1-2H3,(H,12,15)(H,13,16). The third-order valence-electron chi connectivity index (χ3n) is 2.27. The lowest BCUT2D eigenvalue weighted by molar-refractivity contribution is 0.0912. The molecular formula is C11H16N2O3. The van der Waals surface area contributed by atoms with Gasteiger partial charge in [0, 0.05) is 24.5 Å². The molecule has 1 heterocycles. The highest BCUT2D eigenvalue weighted by molar-refractivity contribution is 5.93. The van der Waals surface area contributed by atoms with E-state index in [0.29, 0.717) is 12.1 Å². The molecule has 1 atom stereocenters. The SMILES string of the molecule is CCC(O)CNC(=O)c1c[nH]c(C)cc1=O. The Morgan fingerprint density at radius 2 is 2.31 bits per heavy atom. The molecule has 16 heavy (non-hydrogen) atoms. The van der Waals surface area contributed by atoms with Crippen LogP contribution in [0.25, 0.3) is 0 Å². The number of aliphatic hydroxyl groups is 1. The summed E-state index contributed by atoms with van der Waals surface area (Å²) < 4.78 is 0. The zero-order valence-electron chi connectivity index (χ0n) is 9.41. The summed E-state index contributed by atoms with van der Waals surface area (Å²) in [7, 11) is 0. The second-order valence-electron chi connectivity index (χ2n) is 3.67. The third kappa shape index (κ3) is 3.20. The van der Waals surface area contributed by atoms with Crippen LogP contribution in [0.1, 0.15) is 29.4 Å². The second kappa shape index (κ2) is 5.46. The lowest BCUT2D eigenvalue weighted by atomic mass is 10.2. The predicted octanol–water partition coefficient (Wildman–Crippen LogP) is 0.184. The number of amides is 1. The van der Waals surface area contributed by atoms with E-state index < -0.39 is 12.0 Å². The number of carbonyl (C=O) groups is 1. The van der Waals surface area contributed by atoms with E-state index >= 15 is 0 Å². The number of aryl methyl sites for hydroxylation is 1. The first-order valence-corrected chi connectivity index (χ1v) is 5.20. The summed E-state index contributed by atoms with van der Waals surface area (Å²) in [5.41, 5.74) is 0.448. The monoisotopic (exact) mass is 224 g/mol. The molecule has 0 aromatic carbocycles. The highest BCUT2D eigenvalue weighted by Crippen LogP contribution is 1.93. The number of pyridine rings is 1. The summed E-state index contributed by atoms with van der Waals surface area (Å²) in [4.78, 5) is 25.8. The molecule has 0 fully saturated rings. The fourth-order valence-electron chi connectivity index (χ4n) is 1.20. The molecule has 1 unspecified atom stereocenters. The van der Waals surface area contributed by atoms with E-state index in [1.165, 1.54) is 12.3 Å². The van der Waals surface area contributed by atoms with Gasteiger partial charge in [-0.25, -0.2) is 0 Å². The van der Waals surface area contributed by atoms with E-state index in [-0.39, 0.29) is 17.5 Å². The zero-order valence-corrected chi connectivity index (χ0v) is 9.41. The van der Waals surface area contributed by atoms with Crippen molar-refractivity contribution in [3.05, 3.63) is 33.7 Å². The van der Waals surface area contributed by atoms with E-state index in [1.54, 1.807) is 6.92 Å². The molecule has 1 rings (SSSR count). The van der Waals surface area contributed by atoms with Gasteiger partial charge < -0.3 is 15.4 Å². The average molecular weight is 224 g/mol. The van der Waals surface area contributed by atoms with Crippen molar-refractivity contribution in [3.8, 4) is 0 Å². The topological polar surface area (TPSA) is 82.2 Å². The molecular weight excluding hydrogens is 208 g/mol. The predicted molar refractivity (Wildman–Crippen MR) is 60.4 cm³/mol. The first-order chi connectivity index (χ1) is 7.54. The molecule has 0 aliphatic rings. The molecule has 0 bridgehead atoms. The Balaban J connectivity index is 2.70. The summed E-state index contributed by atoms with van der Waals surface area (Å²) in [5.74, 6) is -0.464. The summed E-state index contributed by atoms with van der Waals surface area (Å²) >= 11 is 0. The van der Waals surface area contributed by atoms with Gasteiger partial charge in [-0.15, -0.1) is 0 Å². The second-order valence-corrected chi connectivity index (χ2v) is 3.67. The van der Waals surface area contributed by atoms with Crippen molar-refractivity contribution in [1.29, 1.82) is 0 Å². The van der Waals surface area contributed by atoms with Crippen LogP contribution in [0, 0.1) is 6.92 Å². The van der Waals surface area contributed by atoms with Crippen molar-refractivity contribution < 1.29 is 9.90 Å². The van der Waals surface area contributed by atoms with Crippen LogP contribution in [0.15, 0.2) is 17.1 Å². The number of hydrogen-bond donors (Lipinski definition) is 3. The quantitative estimate of drug-likeness (QED) is 0.682. The number of rotatable bonds is 4. The molecule has 0 aliphatic carbocycles. The Labute approximate surface area is 93.5 Å². The number of aromatic amines is 1. The maximum Gasteiger partial charge on any atom is 0.256 e. The van der Waals surface area contributed by atoms with Gasteiger partial charge in [-0.05, 0) is 13.3 Å². The van der Waals surface area contributed by atoms with Gasteiger partial charge in [0.05, 0.1) is 6.10 Å². The Bertz CT molecular complexity index is 425. The molecule has 0 radical (unpaired) electrons. The number of aromatic nitrogens is 1. The van der Waals surface area contributed by atoms with Gasteiger partial charge in [-0.3, -0.25) is 9.59 Å². The number of H-pyrrole nitrogens is 1. The molecule has 1 amide bonds. The molecule has 1 aromatic heterocycles. The Morgan fingerprint density at radius 1 is 1.62 bits per heavy atom. The number of aliphatic hydroxyl groups excluding tert-OH is 1. The summed E-state index contributed by atoms with van der Waals surface area (Å²) in [6, 6.07) is 1.37. The van der Waals surface area contributed by atoms with Crippen molar-refractivity contribution in [3.63, 3.8) is 0 Å². The van der Waals surface area contributed by atoms with E-state index in [0.717, 1.165) is 0 Å². The van der Waals surface area contributed by atoms with E-state index in [2.05, 4.69) is 10.3 Å². The molecule has 5 heteroatoms. The Hall–Kier alpha value is -1.62. The highest BCUT2D eigenvalue weighted by atomic mass is 16.3. The first kappa shape index (κ1) is 12.4. The van der Waals surface area contributed by atoms with E-state index in [1.807, 2.05) is 6.92 Å². The normalized spacial score (nSPS) is 12.2. The minimum Gasteiger partial charge on any atom is -0.391 e. The lowest BCUT2D eigenvalue weighted by Crippen LogP contribution is -2.34. The highest BCUT2D eigenvalue weighted by Gasteiger charge is 2.11. The maximum absolute atomic E-state index is 11.6. The number of nitrogens with one attached hydrogen (secondary N) is 2. The van der Waals surface area contributed by atoms with Crippen LogP contribution in [0.4, 0.5) is 0 Å². The van der Waals surface area contributed by atoms with Crippen LogP contribution in [-0.4, -0.2) is 28.6 Å². The van der Waals surface area contributed by atoms with Gasteiger partial charge in [-0.1, -0.05) is 6.92 Å². The lowest BCUT2D eigenvalue weighted by Gasteiger charge is -2.09. The molecule has 5 nitrogen and oxygen atoms in total. The summed E-state index contributed by atoms with van der Waals surface area (Å²) in [5, 5.41) is 11.8. The van der Waals surface area contributed by atoms with Crippen LogP contribution in [0.5, 0.6) is 0 Å². The molecule has 0 saturated carbocycles. The Kier molecular flexibility index (Phi) is 4.25. The van der Waals surface area contributed by atoms with Crippen molar-refractivity contribution in [2.24, 2.45) is 0 Å². The smallest absolute Gasteiger partial charge is 0.256 e. The van der Waals surface area contributed by atoms with Gasteiger partial charge in [0.25, 0.3) is 5.91 Å². The fraction of sp³-hybridized carbons (Fsp3) is 0.455. The minimum atomic E-state index is -0.575. The van der Waals surface area contributed by atoms with Crippen molar-refractivity contribution in [2.75, 3.05) is 6.54 Å². The van der Waals surface area contributed by atoms with E-state index in [4.69, 9.17) is 0 Å². The van der Waals surface area contributed by atoms with Gasteiger partial charge >= 0.3 is 0 Å². The third-order valence-corrected chi connectivity index (χ3v) is 2.27. The Morgan fingerprint density at radius 3 is 2.88 bits per heavy atom. The molecule has 0 saturated heterocycles. The largest absolute Gasteiger partial charge is 0.391 e. The van der Waals surface area contributed by atoms with Gasteiger partial charge in [0.1, 0.15) is 5.56 Å². The van der Waals surface area contributed by atoms with Crippen LogP contribution in [0.2, 0.25) is 0 Å². The van der Waals surface area contributed by atoms with Gasteiger partial charge in [0.2, 0.25) is 0 Å². The van der Waals surface area contributed by atoms with Crippen LogP contribution in [-0.2, 0) is 0 Å². The van der Waals surface area contributed by atoms with Crippen molar-refractivity contribution in [1.82, 2.24) is 10.3 Å². The van der Waals surface area contributed by atoms with E-state index in [9.17, 15) is 14.7 Å². The molecule has 3 N–H and O–H groups in total. The maximum atomic E-state index is 11.6. The first-order valence-electron chi connectivity index (χ1n) is 5.20. The van der Waals surface area contributed by atoms with Gasteiger partial charge in [0.15, 0.2) is 5.43 Å². The molecule has 88 valence electrons. The number of hydrogen-bond acceptors (Lipinski definition) is 3. The van der Waals surface area contributed by atoms with Gasteiger partial charge in [-0.2, -0.15) is 0 Å². The zero-order chi connectivity index (χ0) is 12.1. The minimum absolute atomic E-state index is 0.0638. The molecule has 1 aromatic rings. The summed E-state index contributed by atoms with van der Waals surface area (Å²) in [6.45, 7) is 3.71. The average Bonchev–Trinajstić information content (AvgIpc) is 2.25. The number of carbonyl (C=O) groups excluding carboxylic acids is 1.